The average molecular weight is 212 g/mol. The van der Waals surface area contributed by atoms with Crippen LogP contribution in [0.15, 0.2) is 11.7 Å². The minimum Gasteiger partial charge on any atom is -0.480 e. The second-order valence-corrected chi connectivity index (χ2v) is 4.44. The van der Waals surface area contributed by atoms with Crippen LogP contribution in [0.3, 0.4) is 0 Å². The quantitative estimate of drug-likeness (QED) is 0.771. The summed E-state index contributed by atoms with van der Waals surface area (Å²) in [6.45, 7) is 0.800. The van der Waals surface area contributed by atoms with Crippen molar-refractivity contribution in [3.63, 3.8) is 0 Å². The summed E-state index contributed by atoms with van der Waals surface area (Å²) < 4.78 is 0. The summed E-state index contributed by atoms with van der Waals surface area (Å²) in [5.74, 6) is -0.139. The topological polar surface area (TPSA) is 62.2 Å². The lowest BCUT2D eigenvalue weighted by Gasteiger charge is -2.11. The Morgan fingerprint density at radius 1 is 1.79 bits per heavy atom. The molecule has 5 heteroatoms. The average Bonchev–Trinajstić information content (AvgIpc) is 2.80. The minimum absolute atomic E-state index is 0.580. The monoisotopic (exact) mass is 212 g/mol. The summed E-state index contributed by atoms with van der Waals surface area (Å²) in [5.41, 5.74) is 1.66. The van der Waals surface area contributed by atoms with Gasteiger partial charge in [-0.05, 0) is 25.3 Å². The van der Waals surface area contributed by atoms with Crippen molar-refractivity contribution < 1.29 is 9.90 Å². The van der Waals surface area contributed by atoms with Crippen molar-refractivity contribution in [2.75, 3.05) is 6.54 Å². The molecule has 4 nitrogen and oxygen atoms in total. The van der Waals surface area contributed by atoms with E-state index in [-0.39, 0.29) is 0 Å². The van der Waals surface area contributed by atoms with Crippen molar-refractivity contribution in [2.45, 2.75) is 18.9 Å². The summed E-state index contributed by atoms with van der Waals surface area (Å²) in [5, 5.41) is 12.0. The molecule has 0 amide bonds. The van der Waals surface area contributed by atoms with Gasteiger partial charge >= 0.3 is 5.97 Å². The molecular formula is C9H12N2O2S. The predicted molar refractivity (Wildman–Crippen MR) is 53.2 cm³/mol. The van der Waals surface area contributed by atoms with Crippen LogP contribution in [0.2, 0.25) is 0 Å². The van der Waals surface area contributed by atoms with Crippen LogP contribution in [0.25, 0.3) is 0 Å². The Bertz CT molecular complexity index is 309. The molecular weight excluding hydrogens is 200 g/mol. The molecule has 76 valence electrons. The molecule has 1 saturated carbocycles. The lowest BCUT2D eigenvalue weighted by Crippen LogP contribution is -2.29. The third-order valence-electron chi connectivity index (χ3n) is 2.29. The highest BCUT2D eigenvalue weighted by Crippen LogP contribution is 2.29. The molecule has 1 heterocycles. The fourth-order valence-electron chi connectivity index (χ4n) is 1.28. The van der Waals surface area contributed by atoms with Crippen LogP contribution < -0.4 is 5.32 Å². The Morgan fingerprint density at radius 2 is 2.57 bits per heavy atom. The molecule has 2 rings (SSSR count). The van der Waals surface area contributed by atoms with Crippen LogP contribution >= 0.6 is 11.3 Å². The number of nitrogens with zero attached hydrogens (tertiary/aromatic N) is 1. The third kappa shape index (κ3) is 2.30. The van der Waals surface area contributed by atoms with E-state index >= 15 is 0 Å². The molecule has 14 heavy (non-hydrogen) atoms. The standard InChI is InChI=1S/C9H12N2O2S/c12-9(13)8(7-4-10-5-14-7)11-3-6-1-2-6/h4-6,8,11H,1-3H2,(H,12,13). The first kappa shape index (κ1) is 9.61. The van der Waals surface area contributed by atoms with Crippen molar-refractivity contribution in [3.8, 4) is 0 Å². The van der Waals surface area contributed by atoms with E-state index in [2.05, 4.69) is 10.3 Å². The molecule has 1 atom stereocenters. The zero-order valence-electron chi connectivity index (χ0n) is 7.64. The molecule has 1 aromatic rings. The Balaban J connectivity index is 1.96. The lowest BCUT2D eigenvalue weighted by atomic mass is 10.2. The fourth-order valence-corrected chi connectivity index (χ4v) is 1.97. The van der Waals surface area contributed by atoms with E-state index in [1.807, 2.05) is 0 Å². The first-order chi connectivity index (χ1) is 6.77. The number of thiazole rings is 1. The highest BCUT2D eigenvalue weighted by molar-refractivity contribution is 7.09. The van der Waals surface area contributed by atoms with Crippen LogP contribution in [0.1, 0.15) is 23.8 Å². The van der Waals surface area contributed by atoms with Crippen molar-refractivity contribution in [2.24, 2.45) is 5.92 Å². The molecule has 0 aromatic carbocycles. The molecule has 0 spiro atoms. The summed E-state index contributed by atoms with van der Waals surface area (Å²) in [6, 6.07) is -0.580. The molecule has 0 saturated heterocycles. The Hall–Kier alpha value is -0.940. The first-order valence-corrected chi connectivity index (χ1v) is 5.50. The van der Waals surface area contributed by atoms with Crippen LogP contribution in [0, 0.1) is 5.92 Å². The van der Waals surface area contributed by atoms with Gasteiger partial charge in [-0.3, -0.25) is 15.1 Å². The van der Waals surface area contributed by atoms with Crippen molar-refractivity contribution >= 4 is 17.3 Å². The number of hydrogen-bond acceptors (Lipinski definition) is 4. The van der Waals surface area contributed by atoms with E-state index < -0.39 is 12.0 Å². The van der Waals surface area contributed by atoms with Gasteiger partial charge in [-0.2, -0.15) is 0 Å². The maximum atomic E-state index is 10.9. The van der Waals surface area contributed by atoms with E-state index in [1.54, 1.807) is 11.7 Å². The third-order valence-corrected chi connectivity index (χ3v) is 3.13. The Morgan fingerprint density at radius 3 is 3.07 bits per heavy atom. The molecule has 0 radical (unpaired) electrons. The molecule has 1 unspecified atom stereocenters. The van der Waals surface area contributed by atoms with E-state index in [0.717, 1.165) is 11.4 Å². The number of rotatable bonds is 5. The second-order valence-electron chi connectivity index (χ2n) is 3.53. The van der Waals surface area contributed by atoms with E-state index in [1.165, 1.54) is 24.2 Å². The van der Waals surface area contributed by atoms with Gasteiger partial charge in [0.2, 0.25) is 0 Å². The number of aromatic nitrogens is 1. The SMILES string of the molecule is O=C(O)C(NCC1CC1)c1cncs1. The zero-order valence-corrected chi connectivity index (χ0v) is 8.46. The number of hydrogen-bond donors (Lipinski definition) is 2. The van der Waals surface area contributed by atoms with Crippen LogP contribution in [0.5, 0.6) is 0 Å². The molecule has 0 bridgehead atoms. The number of carboxylic acid groups (broad SMARTS) is 1. The smallest absolute Gasteiger partial charge is 0.326 e. The molecule has 2 N–H and O–H groups in total. The maximum absolute atomic E-state index is 10.9. The van der Waals surface area contributed by atoms with Crippen LogP contribution in [0.4, 0.5) is 0 Å². The highest BCUT2D eigenvalue weighted by Gasteiger charge is 2.26. The Kier molecular flexibility index (Phi) is 2.79. The maximum Gasteiger partial charge on any atom is 0.326 e. The van der Waals surface area contributed by atoms with Gasteiger partial charge in [-0.15, -0.1) is 11.3 Å². The van der Waals surface area contributed by atoms with Crippen molar-refractivity contribution in [3.05, 3.63) is 16.6 Å². The van der Waals surface area contributed by atoms with Crippen LogP contribution in [-0.2, 0) is 4.79 Å². The number of carbonyl (C=O) groups is 1. The second kappa shape index (κ2) is 4.06. The van der Waals surface area contributed by atoms with Crippen LogP contribution in [-0.4, -0.2) is 22.6 Å². The minimum atomic E-state index is -0.824. The predicted octanol–water partition coefficient (Wildman–Crippen LogP) is 1.27. The Labute approximate surface area is 86.0 Å². The van der Waals surface area contributed by atoms with Gasteiger partial charge in [0.25, 0.3) is 0 Å². The number of nitrogens with one attached hydrogen (secondary N) is 1. The summed E-state index contributed by atoms with van der Waals surface area (Å²) in [4.78, 5) is 15.6. The largest absolute Gasteiger partial charge is 0.480 e. The van der Waals surface area contributed by atoms with Gasteiger partial charge in [-0.1, -0.05) is 0 Å². The van der Waals surface area contributed by atoms with Gasteiger partial charge in [0.1, 0.15) is 6.04 Å². The highest BCUT2D eigenvalue weighted by atomic mass is 32.1. The molecule has 0 aliphatic heterocycles. The zero-order chi connectivity index (χ0) is 9.97. The van der Waals surface area contributed by atoms with Crippen molar-refractivity contribution in [1.29, 1.82) is 0 Å². The molecule has 1 fully saturated rings. The first-order valence-electron chi connectivity index (χ1n) is 4.62. The molecule has 1 aliphatic carbocycles. The molecule has 1 aliphatic rings. The normalized spacial score (nSPS) is 18.0. The van der Waals surface area contributed by atoms with Gasteiger partial charge < -0.3 is 5.11 Å². The number of carboxylic acids is 1. The lowest BCUT2D eigenvalue weighted by molar-refractivity contribution is -0.139. The summed E-state index contributed by atoms with van der Waals surface area (Å²) in [7, 11) is 0. The van der Waals surface area contributed by atoms with Crippen molar-refractivity contribution in [1.82, 2.24) is 10.3 Å². The molecule has 1 aromatic heterocycles. The van der Waals surface area contributed by atoms with Gasteiger partial charge in [-0.25, -0.2) is 0 Å². The fraction of sp³-hybridized carbons (Fsp3) is 0.556. The van der Waals surface area contributed by atoms with Gasteiger partial charge in [0.15, 0.2) is 0 Å². The van der Waals surface area contributed by atoms with E-state index in [0.29, 0.717) is 5.92 Å². The number of aliphatic carboxylic acids is 1. The van der Waals surface area contributed by atoms with E-state index in [9.17, 15) is 4.79 Å². The van der Waals surface area contributed by atoms with Gasteiger partial charge in [0, 0.05) is 6.20 Å². The summed E-state index contributed by atoms with van der Waals surface area (Å²) >= 11 is 1.38. The van der Waals surface area contributed by atoms with E-state index in [4.69, 9.17) is 5.11 Å². The summed E-state index contributed by atoms with van der Waals surface area (Å²) in [6.07, 6.45) is 4.06. The van der Waals surface area contributed by atoms with Gasteiger partial charge in [0.05, 0.1) is 10.4 Å².